The zero-order valence-corrected chi connectivity index (χ0v) is 41.4. The molecule has 0 fully saturated rings. The van der Waals surface area contributed by atoms with Gasteiger partial charge in [0.2, 0.25) is 0 Å². The average molecular weight is 871 g/mol. The van der Waals surface area contributed by atoms with Crippen LogP contribution in [0.2, 0.25) is 0 Å². The van der Waals surface area contributed by atoms with E-state index in [1.807, 2.05) is 0 Å². The third-order valence-electron chi connectivity index (χ3n) is 11.8. The molecule has 0 saturated heterocycles. The maximum absolute atomic E-state index is 12.8. The Hall–Kier alpha value is -2.37. The summed E-state index contributed by atoms with van der Waals surface area (Å²) in [6.07, 6.45) is 59.9. The second kappa shape index (κ2) is 51.3. The minimum absolute atomic E-state index is 0.0819. The van der Waals surface area contributed by atoms with Gasteiger partial charge in [-0.3, -0.25) is 14.4 Å². The molecular weight excluding hydrogens is 769 g/mol. The van der Waals surface area contributed by atoms with Crippen molar-refractivity contribution < 1.29 is 28.6 Å². The standard InChI is InChI=1S/C56H102O6/c1-4-7-10-13-16-19-22-24-26-28-29-31-32-34-37-40-43-46-49-55(58)61-52-53(51-60-54(57)48-45-42-39-36-21-18-15-12-9-6-3)62-56(59)50-47-44-41-38-35-33-30-27-25-23-20-17-14-11-8-5-2/h15,18,27,29-31,53H,4-14,16-17,19-26,28,32-52H2,1-3H3/b18-15-,30-27-,31-29-. The van der Waals surface area contributed by atoms with Gasteiger partial charge in [0.05, 0.1) is 0 Å². The highest BCUT2D eigenvalue weighted by Crippen LogP contribution is 2.15. The Bertz CT molecular complexity index is 1050. The molecule has 0 saturated carbocycles. The molecule has 0 bridgehead atoms. The second-order valence-electron chi connectivity index (χ2n) is 18.1. The highest BCUT2D eigenvalue weighted by molar-refractivity contribution is 5.71. The molecule has 0 amide bonds. The van der Waals surface area contributed by atoms with Crippen LogP contribution in [0, 0.1) is 0 Å². The molecule has 6 heteroatoms. The topological polar surface area (TPSA) is 78.9 Å². The number of hydrogen-bond donors (Lipinski definition) is 0. The zero-order valence-electron chi connectivity index (χ0n) is 41.4. The quantitative estimate of drug-likeness (QED) is 0.0262. The third kappa shape index (κ3) is 48.7. The summed E-state index contributed by atoms with van der Waals surface area (Å²) in [6.45, 7) is 6.59. The maximum atomic E-state index is 12.8. The predicted octanol–water partition coefficient (Wildman–Crippen LogP) is 17.7. The fourth-order valence-electron chi connectivity index (χ4n) is 7.71. The van der Waals surface area contributed by atoms with Crippen LogP contribution in [0.4, 0.5) is 0 Å². The van der Waals surface area contributed by atoms with E-state index in [1.165, 1.54) is 148 Å². The lowest BCUT2D eigenvalue weighted by Gasteiger charge is -2.18. The van der Waals surface area contributed by atoms with Crippen LogP contribution in [0.3, 0.4) is 0 Å². The monoisotopic (exact) mass is 871 g/mol. The molecule has 0 aliphatic heterocycles. The number of esters is 3. The van der Waals surface area contributed by atoms with E-state index >= 15 is 0 Å². The lowest BCUT2D eigenvalue weighted by atomic mass is 10.1. The van der Waals surface area contributed by atoms with Gasteiger partial charge in [0, 0.05) is 19.3 Å². The normalized spacial score (nSPS) is 12.2. The van der Waals surface area contributed by atoms with Crippen molar-refractivity contribution in [1.82, 2.24) is 0 Å². The van der Waals surface area contributed by atoms with Gasteiger partial charge in [-0.05, 0) is 89.9 Å². The number of ether oxygens (including phenoxy) is 3. The van der Waals surface area contributed by atoms with Crippen LogP contribution in [0.1, 0.15) is 284 Å². The Balaban J connectivity index is 4.33. The zero-order chi connectivity index (χ0) is 45.1. The van der Waals surface area contributed by atoms with Gasteiger partial charge in [-0.25, -0.2) is 0 Å². The summed E-state index contributed by atoms with van der Waals surface area (Å²) in [4.78, 5) is 37.9. The van der Waals surface area contributed by atoms with Crippen molar-refractivity contribution in [3.8, 4) is 0 Å². The number of allylic oxidation sites excluding steroid dienone is 6. The van der Waals surface area contributed by atoms with Crippen molar-refractivity contribution in [3.05, 3.63) is 36.5 Å². The van der Waals surface area contributed by atoms with Crippen molar-refractivity contribution in [1.29, 1.82) is 0 Å². The molecule has 6 nitrogen and oxygen atoms in total. The van der Waals surface area contributed by atoms with E-state index in [1.54, 1.807) is 0 Å². The van der Waals surface area contributed by atoms with Crippen LogP contribution in [0.25, 0.3) is 0 Å². The molecule has 0 N–H and O–H groups in total. The fourth-order valence-corrected chi connectivity index (χ4v) is 7.71. The first-order chi connectivity index (χ1) is 30.5. The molecule has 0 aromatic heterocycles. The van der Waals surface area contributed by atoms with Crippen LogP contribution < -0.4 is 0 Å². The third-order valence-corrected chi connectivity index (χ3v) is 11.8. The molecule has 0 aromatic carbocycles. The van der Waals surface area contributed by atoms with Gasteiger partial charge in [0.25, 0.3) is 0 Å². The van der Waals surface area contributed by atoms with E-state index < -0.39 is 6.10 Å². The summed E-state index contributed by atoms with van der Waals surface area (Å²) in [5, 5.41) is 0. The number of rotatable bonds is 49. The van der Waals surface area contributed by atoms with E-state index in [4.69, 9.17) is 14.2 Å². The second-order valence-corrected chi connectivity index (χ2v) is 18.1. The number of carbonyl (C=O) groups excluding carboxylic acids is 3. The first kappa shape index (κ1) is 59.6. The van der Waals surface area contributed by atoms with Gasteiger partial charge in [0.15, 0.2) is 6.10 Å². The van der Waals surface area contributed by atoms with Gasteiger partial charge < -0.3 is 14.2 Å². The lowest BCUT2D eigenvalue weighted by Crippen LogP contribution is -2.30. The molecule has 0 spiro atoms. The van der Waals surface area contributed by atoms with Crippen molar-refractivity contribution in [2.75, 3.05) is 13.2 Å². The van der Waals surface area contributed by atoms with Gasteiger partial charge >= 0.3 is 17.9 Å². The first-order valence-corrected chi connectivity index (χ1v) is 27.0. The average Bonchev–Trinajstić information content (AvgIpc) is 3.27. The molecule has 0 aliphatic rings. The molecule has 0 aliphatic carbocycles. The van der Waals surface area contributed by atoms with Gasteiger partial charge in [-0.1, -0.05) is 211 Å². The Morgan fingerprint density at radius 2 is 0.548 bits per heavy atom. The van der Waals surface area contributed by atoms with Crippen LogP contribution in [0.15, 0.2) is 36.5 Å². The predicted molar refractivity (Wildman–Crippen MR) is 266 cm³/mol. The van der Waals surface area contributed by atoms with Crippen LogP contribution >= 0.6 is 0 Å². The van der Waals surface area contributed by atoms with Crippen molar-refractivity contribution in [2.45, 2.75) is 290 Å². The Kier molecular flexibility index (Phi) is 49.3. The van der Waals surface area contributed by atoms with Gasteiger partial charge in [-0.2, -0.15) is 0 Å². The SMILES string of the molecule is CCCC/C=C\CCCCCCC(=O)OCC(COC(=O)CCCCCCC/C=C\CCCCCCCCCCC)OC(=O)CCCCCCC/C=C\CCCCCCCCC. The molecule has 0 rings (SSSR count). The van der Waals surface area contributed by atoms with Gasteiger partial charge in [-0.15, -0.1) is 0 Å². The summed E-state index contributed by atoms with van der Waals surface area (Å²) in [7, 11) is 0. The van der Waals surface area contributed by atoms with E-state index in [0.29, 0.717) is 19.3 Å². The lowest BCUT2D eigenvalue weighted by molar-refractivity contribution is -0.167. The summed E-state index contributed by atoms with van der Waals surface area (Å²) in [5.41, 5.74) is 0. The summed E-state index contributed by atoms with van der Waals surface area (Å²) in [5.74, 6) is -0.902. The molecule has 362 valence electrons. The van der Waals surface area contributed by atoms with Gasteiger partial charge in [0.1, 0.15) is 13.2 Å². The van der Waals surface area contributed by atoms with E-state index in [9.17, 15) is 14.4 Å². The van der Waals surface area contributed by atoms with Crippen LogP contribution in [0.5, 0.6) is 0 Å². The Morgan fingerprint density at radius 3 is 0.855 bits per heavy atom. The van der Waals surface area contributed by atoms with E-state index in [2.05, 4.69) is 57.2 Å². The highest BCUT2D eigenvalue weighted by atomic mass is 16.6. The number of unbranched alkanes of at least 4 members (excludes halogenated alkanes) is 32. The van der Waals surface area contributed by atoms with Crippen LogP contribution in [-0.4, -0.2) is 37.2 Å². The summed E-state index contributed by atoms with van der Waals surface area (Å²) >= 11 is 0. The molecule has 0 aromatic rings. The molecule has 1 unspecified atom stereocenters. The van der Waals surface area contributed by atoms with E-state index in [-0.39, 0.29) is 31.1 Å². The minimum Gasteiger partial charge on any atom is -0.462 e. The molecular formula is C56H102O6. The fraction of sp³-hybridized carbons (Fsp3) is 0.839. The molecule has 62 heavy (non-hydrogen) atoms. The highest BCUT2D eigenvalue weighted by Gasteiger charge is 2.19. The van der Waals surface area contributed by atoms with E-state index in [0.717, 1.165) is 96.3 Å². The Labute approximate surface area is 385 Å². The minimum atomic E-state index is -0.781. The molecule has 0 heterocycles. The number of carbonyl (C=O) groups is 3. The number of hydrogen-bond acceptors (Lipinski definition) is 6. The Morgan fingerprint density at radius 1 is 0.306 bits per heavy atom. The largest absolute Gasteiger partial charge is 0.462 e. The molecule has 0 radical (unpaired) electrons. The summed E-state index contributed by atoms with van der Waals surface area (Å²) < 4.78 is 16.8. The maximum Gasteiger partial charge on any atom is 0.306 e. The van der Waals surface area contributed by atoms with Crippen molar-refractivity contribution >= 4 is 17.9 Å². The first-order valence-electron chi connectivity index (χ1n) is 27.0. The smallest absolute Gasteiger partial charge is 0.306 e. The molecule has 1 atom stereocenters. The van der Waals surface area contributed by atoms with Crippen molar-refractivity contribution in [3.63, 3.8) is 0 Å². The summed E-state index contributed by atoms with van der Waals surface area (Å²) in [6, 6.07) is 0. The van der Waals surface area contributed by atoms with Crippen molar-refractivity contribution in [2.24, 2.45) is 0 Å². The van der Waals surface area contributed by atoms with Crippen LogP contribution in [-0.2, 0) is 28.6 Å².